The summed E-state index contributed by atoms with van der Waals surface area (Å²) in [4.78, 5) is 0. The zero-order chi connectivity index (χ0) is 11.0. The lowest BCUT2D eigenvalue weighted by molar-refractivity contribution is 0.477. The molecule has 3 rings (SSSR count). The third kappa shape index (κ3) is 1.65. The van der Waals surface area contributed by atoms with E-state index < -0.39 is 0 Å². The van der Waals surface area contributed by atoms with E-state index in [1.54, 1.807) is 6.07 Å². The van der Waals surface area contributed by atoms with Gasteiger partial charge < -0.3 is 5.11 Å². The van der Waals surface area contributed by atoms with Gasteiger partial charge >= 0.3 is 0 Å². The molecule has 0 saturated carbocycles. The highest BCUT2D eigenvalue weighted by Gasteiger charge is 2.19. The van der Waals surface area contributed by atoms with Crippen molar-refractivity contribution in [2.75, 3.05) is 5.75 Å². The summed E-state index contributed by atoms with van der Waals surface area (Å²) in [5.74, 6) is 2.40. The fourth-order valence-electron chi connectivity index (χ4n) is 2.10. The predicted molar refractivity (Wildman–Crippen MR) is 63.8 cm³/mol. The molecule has 0 bridgehead atoms. The maximum Gasteiger partial charge on any atom is 0.203 e. The maximum absolute atomic E-state index is 9.62. The predicted octanol–water partition coefficient (Wildman–Crippen LogP) is 1.87. The van der Waals surface area contributed by atoms with Gasteiger partial charge in [0, 0.05) is 17.9 Å². The molecule has 0 amide bonds. The Hall–Kier alpha value is -1.23. The Kier molecular flexibility index (Phi) is 2.47. The fraction of sp³-hybridized carbons (Fsp3) is 0.455. The number of rotatable bonds is 2. The smallest absolute Gasteiger partial charge is 0.203 e. The Morgan fingerprint density at radius 2 is 2.44 bits per heavy atom. The lowest BCUT2D eigenvalue weighted by Crippen LogP contribution is -2.05. The summed E-state index contributed by atoms with van der Waals surface area (Å²) in [5, 5.41) is 18.5. The van der Waals surface area contributed by atoms with Gasteiger partial charge in [0.15, 0.2) is 5.75 Å². The van der Waals surface area contributed by atoms with Crippen molar-refractivity contribution in [3.63, 3.8) is 0 Å². The fourth-order valence-corrected chi connectivity index (χ4v) is 3.36. The van der Waals surface area contributed by atoms with Crippen molar-refractivity contribution in [1.82, 2.24) is 14.6 Å². The third-order valence-electron chi connectivity index (χ3n) is 2.92. The molecule has 5 heteroatoms. The van der Waals surface area contributed by atoms with E-state index in [4.69, 9.17) is 0 Å². The summed E-state index contributed by atoms with van der Waals surface area (Å²) in [6.07, 6.45) is 5.41. The molecule has 2 aromatic rings. The van der Waals surface area contributed by atoms with Crippen LogP contribution >= 0.6 is 11.8 Å². The molecule has 1 saturated heterocycles. The van der Waals surface area contributed by atoms with Crippen molar-refractivity contribution >= 4 is 17.4 Å². The van der Waals surface area contributed by atoms with Gasteiger partial charge in [-0.2, -0.15) is 11.8 Å². The van der Waals surface area contributed by atoms with Gasteiger partial charge in [-0.25, -0.2) is 0 Å². The molecule has 4 nitrogen and oxygen atoms in total. The van der Waals surface area contributed by atoms with Crippen LogP contribution in [-0.4, -0.2) is 30.7 Å². The first-order chi connectivity index (χ1) is 7.84. The van der Waals surface area contributed by atoms with Crippen molar-refractivity contribution < 1.29 is 5.11 Å². The van der Waals surface area contributed by atoms with Crippen LogP contribution in [0, 0.1) is 0 Å². The number of aromatic nitrogens is 3. The summed E-state index contributed by atoms with van der Waals surface area (Å²) in [5.41, 5.74) is 0.556. The quantitative estimate of drug-likeness (QED) is 0.863. The van der Waals surface area contributed by atoms with Crippen molar-refractivity contribution in [1.29, 1.82) is 0 Å². The molecule has 3 heterocycles. The normalized spacial score (nSPS) is 20.6. The van der Waals surface area contributed by atoms with Gasteiger partial charge in [0.1, 0.15) is 5.82 Å². The number of thioether (sulfide) groups is 1. The van der Waals surface area contributed by atoms with Crippen LogP contribution in [-0.2, 0) is 6.42 Å². The summed E-state index contributed by atoms with van der Waals surface area (Å²) in [6.45, 7) is 0. The van der Waals surface area contributed by atoms with Gasteiger partial charge in [-0.05, 0) is 30.7 Å². The van der Waals surface area contributed by atoms with Crippen LogP contribution in [0.5, 0.6) is 5.75 Å². The molecule has 0 radical (unpaired) electrons. The van der Waals surface area contributed by atoms with E-state index in [9.17, 15) is 5.11 Å². The number of hydrogen-bond acceptors (Lipinski definition) is 4. The number of nitrogens with zero attached hydrogens (tertiary/aromatic N) is 3. The van der Waals surface area contributed by atoms with Crippen molar-refractivity contribution in [2.24, 2.45) is 0 Å². The van der Waals surface area contributed by atoms with Crippen LogP contribution in [0.4, 0.5) is 0 Å². The molecule has 1 N–H and O–H groups in total. The first-order valence-corrected chi connectivity index (χ1v) is 6.52. The molecule has 0 aliphatic carbocycles. The van der Waals surface area contributed by atoms with Gasteiger partial charge in [-0.1, -0.05) is 0 Å². The minimum atomic E-state index is 0.195. The van der Waals surface area contributed by atoms with Crippen LogP contribution in [0.1, 0.15) is 18.7 Å². The molecular formula is C11H13N3OS. The topological polar surface area (TPSA) is 50.4 Å². The van der Waals surface area contributed by atoms with E-state index in [1.165, 1.54) is 18.6 Å². The summed E-state index contributed by atoms with van der Waals surface area (Å²) in [6, 6.07) is 3.45. The Labute approximate surface area is 97.7 Å². The highest BCUT2D eigenvalue weighted by molar-refractivity contribution is 8.00. The molecule has 84 valence electrons. The summed E-state index contributed by atoms with van der Waals surface area (Å²) >= 11 is 2.01. The van der Waals surface area contributed by atoms with E-state index in [0.717, 1.165) is 12.2 Å². The molecule has 1 aliphatic rings. The van der Waals surface area contributed by atoms with Crippen molar-refractivity contribution in [3.05, 3.63) is 24.2 Å². The van der Waals surface area contributed by atoms with Gasteiger partial charge in [0.05, 0.1) is 0 Å². The van der Waals surface area contributed by atoms with Crippen molar-refractivity contribution in [3.8, 4) is 5.75 Å². The number of aromatic hydroxyl groups is 1. The van der Waals surface area contributed by atoms with Crippen LogP contribution in [0.15, 0.2) is 18.3 Å². The van der Waals surface area contributed by atoms with Crippen LogP contribution in [0.2, 0.25) is 0 Å². The monoisotopic (exact) mass is 235 g/mol. The summed E-state index contributed by atoms with van der Waals surface area (Å²) in [7, 11) is 0. The average Bonchev–Trinajstić information content (AvgIpc) is 2.90. The lowest BCUT2D eigenvalue weighted by Gasteiger charge is -2.06. The largest absolute Gasteiger partial charge is 0.504 e. The van der Waals surface area contributed by atoms with Crippen molar-refractivity contribution in [2.45, 2.75) is 24.5 Å². The number of pyridine rings is 1. The highest BCUT2D eigenvalue weighted by atomic mass is 32.2. The van der Waals surface area contributed by atoms with E-state index in [2.05, 4.69) is 10.2 Å². The second-order valence-electron chi connectivity index (χ2n) is 4.04. The van der Waals surface area contributed by atoms with E-state index in [1.807, 2.05) is 28.4 Å². The zero-order valence-corrected chi connectivity index (χ0v) is 9.65. The SMILES string of the molecule is Oc1cccn2c(CC3CCCS3)nnc12. The standard InChI is InChI=1S/C11H13N3OS/c15-9-4-1-5-14-10(12-13-11(9)14)7-8-3-2-6-16-8/h1,4-5,8,15H,2-3,6-7H2. The molecule has 1 unspecified atom stereocenters. The first-order valence-electron chi connectivity index (χ1n) is 5.48. The molecule has 1 atom stereocenters. The molecule has 16 heavy (non-hydrogen) atoms. The Balaban J connectivity index is 1.94. The van der Waals surface area contributed by atoms with Gasteiger partial charge in [0.25, 0.3) is 0 Å². The lowest BCUT2D eigenvalue weighted by atomic mass is 10.2. The second kappa shape index (κ2) is 3.97. The third-order valence-corrected chi connectivity index (χ3v) is 4.32. The molecule has 2 aromatic heterocycles. The van der Waals surface area contributed by atoms with E-state index in [-0.39, 0.29) is 5.75 Å². The second-order valence-corrected chi connectivity index (χ2v) is 5.45. The number of fused-ring (bicyclic) bond motifs is 1. The minimum absolute atomic E-state index is 0.195. The van der Waals surface area contributed by atoms with Gasteiger partial charge in [-0.3, -0.25) is 4.40 Å². The average molecular weight is 235 g/mol. The molecular weight excluding hydrogens is 222 g/mol. The maximum atomic E-state index is 9.62. The first kappa shape index (κ1) is 9.96. The zero-order valence-electron chi connectivity index (χ0n) is 8.83. The minimum Gasteiger partial charge on any atom is -0.504 e. The van der Waals surface area contributed by atoms with Crippen LogP contribution in [0.3, 0.4) is 0 Å². The summed E-state index contributed by atoms with van der Waals surface area (Å²) < 4.78 is 1.88. The van der Waals surface area contributed by atoms with Crippen LogP contribution in [0.25, 0.3) is 5.65 Å². The molecule has 1 aliphatic heterocycles. The highest BCUT2D eigenvalue weighted by Crippen LogP contribution is 2.29. The van der Waals surface area contributed by atoms with Gasteiger partial charge in [0.2, 0.25) is 5.65 Å². The Bertz CT molecular complexity index is 505. The van der Waals surface area contributed by atoms with Crippen LogP contribution < -0.4 is 0 Å². The molecule has 0 spiro atoms. The molecule has 1 fully saturated rings. The number of hydrogen-bond donors (Lipinski definition) is 1. The Morgan fingerprint density at radius 3 is 3.25 bits per heavy atom. The van der Waals surface area contributed by atoms with E-state index in [0.29, 0.717) is 10.9 Å². The van der Waals surface area contributed by atoms with E-state index >= 15 is 0 Å². The van der Waals surface area contributed by atoms with Gasteiger partial charge in [-0.15, -0.1) is 10.2 Å². The molecule has 0 aromatic carbocycles. The Morgan fingerprint density at radius 1 is 1.50 bits per heavy atom.